The largest absolute Gasteiger partial charge is 0.348 e. The third-order valence-electron chi connectivity index (χ3n) is 4.07. The van der Waals surface area contributed by atoms with Gasteiger partial charge >= 0.3 is 0 Å². The normalized spacial score (nSPS) is 10.3. The van der Waals surface area contributed by atoms with E-state index in [2.05, 4.69) is 15.6 Å². The van der Waals surface area contributed by atoms with Gasteiger partial charge in [0.05, 0.1) is 0 Å². The first-order valence-electron chi connectivity index (χ1n) is 8.39. The lowest BCUT2D eigenvalue weighted by Crippen LogP contribution is -2.23. The maximum absolute atomic E-state index is 12.5. The first-order valence-corrected chi connectivity index (χ1v) is 8.77. The van der Waals surface area contributed by atoms with Crippen LogP contribution >= 0.6 is 11.6 Å². The van der Waals surface area contributed by atoms with Crippen molar-refractivity contribution in [1.82, 2.24) is 10.3 Å². The van der Waals surface area contributed by atoms with E-state index in [4.69, 9.17) is 11.6 Å². The van der Waals surface area contributed by atoms with Crippen LogP contribution in [0.5, 0.6) is 0 Å². The molecule has 0 saturated heterocycles. The van der Waals surface area contributed by atoms with E-state index >= 15 is 0 Å². The van der Waals surface area contributed by atoms with Crippen LogP contribution in [0.4, 0.5) is 5.69 Å². The third-order valence-corrected chi connectivity index (χ3v) is 4.48. The number of carbonyl (C=O) groups excluding carboxylic acids is 2. The van der Waals surface area contributed by atoms with Gasteiger partial charge in [0.1, 0.15) is 5.69 Å². The molecule has 0 atom stereocenters. The molecule has 0 spiro atoms. The highest BCUT2D eigenvalue weighted by atomic mass is 35.5. The molecule has 0 aliphatic heterocycles. The molecule has 0 aliphatic rings. The van der Waals surface area contributed by atoms with Crippen molar-refractivity contribution in [3.05, 3.63) is 94.3 Å². The highest BCUT2D eigenvalue weighted by molar-refractivity contribution is 6.31. The molecule has 5 nitrogen and oxygen atoms in total. The van der Waals surface area contributed by atoms with Crippen LogP contribution in [0.15, 0.2) is 66.9 Å². The zero-order valence-electron chi connectivity index (χ0n) is 14.7. The highest BCUT2D eigenvalue weighted by Gasteiger charge is 2.13. The molecule has 0 saturated carbocycles. The molecule has 1 heterocycles. The lowest BCUT2D eigenvalue weighted by molar-refractivity contribution is 0.0951. The quantitative estimate of drug-likeness (QED) is 0.697. The minimum absolute atomic E-state index is 0.154. The Morgan fingerprint density at radius 2 is 1.78 bits per heavy atom. The monoisotopic (exact) mass is 379 g/mol. The zero-order chi connectivity index (χ0) is 19.2. The second-order valence-electron chi connectivity index (χ2n) is 5.96. The maximum Gasteiger partial charge on any atom is 0.274 e. The van der Waals surface area contributed by atoms with Gasteiger partial charge < -0.3 is 10.6 Å². The van der Waals surface area contributed by atoms with Crippen molar-refractivity contribution in [2.24, 2.45) is 0 Å². The fourth-order valence-corrected chi connectivity index (χ4v) is 2.68. The van der Waals surface area contributed by atoms with Crippen LogP contribution in [-0.4, -0.2) is 16.8 Å². The van der Waals surface area contributed by atoms with Gasteiger partial charge in [-0.1, -0.05) is 48.0 Å². The van der Waals surface area contributed by atoms with E-state index in [1.54, 1.807) is 24.3 Å². The van der Waals surface area contributed by atoms with E-state index in [-0.39, 0.29) is 11.6 Å². The zero-order valence-corrected chi connectivity index (χ0v) is 15.5. The molecule has 3 rings (SSSR count). The standard InChI is InChI=1S/C21H18ClN3O2/c1-14-17(22)8-5-9-18(14)25-21(27)19-12-16(10-11-23-19)20(26)24-13-15-6-3-2-4-7-15/h2-12H,13H2,1H3,(H,24,26)(H,25,27). The summed E-state index contributed by atoms with van der Waals surface area (Å²) in [6.07, 6.45) is 1.44. The van der Waals surface area contributed by atoms with E-state index < -0.39 is 5.91 Å². The van der Waals surface area contributed by atoms with Crippen molar-refractivity contribution in [2.75, 3.05) is 5.32 Å². The number of hydrogen-bond donors (Lipinski definition) is 2. The maximum atomic E-state index is 12.5. The predicted octanol–water partition coefficient (Wildman–Crippen LogP) is 4.23. The van der Waals surface area contributed by atoms with Gasteiger partial charge in [-0.25, -0.2) is 0 Å². The molecule has 2 aromatic carbocycles. The number of pyridine rings is 1. The number of benzene rings is 2. The Balaban J connectivity index is 1.70. The van der Waals surface area contributed by atoms with Gasteiger partial charge in [-0.3, -0.25) is 14.6 Å². The average molecular weight is 380 g/mol. The summed E-state index contributed by atoms with van der Waals surface area (Å²) in [5.74, 6) is -0.674. The predicted molar refractivity (Wildman–Crippen MR) is 106 cm³/mol. The van der Waals surface area contributed by atoms with E-state index in [9.17, 15) is 9.59 Å². The molecule has 2 N–H and O–H groups in total. The Kier molecular flexibility index (Phi) is 5.84. The smallest absolute Gasteiger partial charge is 0.274 e. The molecule has 27 heavy (non-hydrogen) atoms. The fraction of sp³-hybridized carbons (Fsp3) is 0.0952. The Morgan fingerprint density at radius 3 is 2.56 bits per heavy atom. The molecular weight excluding hydrogens is 362 g/mol. The van der Waals surface area contributed by atoms with Crippen molar-refractivity contribution in [3.8, 4) is 0 Å². The lowest BCUT2D eigenvalue weighted by Gasteiger charge is -2.10. The fourth-order valence-electron chi connectivity index (χ4n) is 2.51. The van der Waals surface area contributed by atoms with Gasteiger partial charge in [0.15, 0.2) is 0 Å². The van der Waals surface area contributed by atoms with E-state index in [1.165, 1.54) is 12.3 Å². The number of rotatable bonds is 5. The van der Waals surface area contributed by atoms with Crippen LogP contribution in [0.25, 0.3) is 0 Å². The third kappa shape index (κ3) is 4.71. The van der Waals surface area contributed by atoms with Gasteiger partial charge in [0, 0.05) is 29.0 Å². The Bertz CT molecular complexity index is 974. The molecule has 6 heteroatoms. The van der Waals surface area contributed by atoms with Crippen molar-refractivity contribution in [3.63, 3.8) is 0 Å². The summed E-state index contributed by atoms with van der Waals surface area (Å²) < 4.78 is 0. The number of halogens is 1. The Hall–Kier alpha value is -3.18. The minimum atomic E-state index is -0.405. The summed E-state index contributed by atoms with van der Waals surface area (Å²) in [7, 11) is 0. The molecular formula is C21H18ClN3O2. The van der Waals surface area contributed by atoms with Crippen LogP contribution in [0, 0.1) is 6.92 Å². The average Bonchev–Trinajstić information content (AvgIpc) is 2.70. The van der Waals surface area contributed by atoms with Crippen LogP contribution < -0.4 is 10.6 Å². The van der Waals surface area contributed by atoms with E-state index in [1.807, 2.05) is 37.3 Å². The molecule has 0 bridgehead atoms. The number of carbonyl (C=O) groups is 2. The summed E-state index contributed by atoms with van der Waals surface area (Å²) in [5, 5.41) is 6.17. The number of anilines is 1. The van der Waals surface area contributed by atoms with Crippen LogP contribution in [-0.2, 0) is 6.54 Å². The topological polar surface area (TPSA) is 71.1 Å². The van der Waals surface area contributed by atoms with Gasteiger partial charge in [-0.2, -0.15) is 0 Å². The minimum Gasteiger partial charge on any atom is -0.348 e. The SMILES string of the molecule is Cc1c(Cl)cccc1NC(=O)c1cc(C(=O)NCc2ccccc2)ccn1. The van der Waals surface area contributed by atoms with Gasteiger partial charge in [-0.05, 0) is 42.3 Å². The van der Waals surface area contributed by atoms with Crippen molar-refractivity contribution < 1.29 is 9.59 Å². The second kappa shape index (κ2) is 8.47. The number of amides is 2. The molecule has 0 fully saturated rings. The lowest BCUT2D eigenvalue weighted by atomic mass is 10.1. The number of aromatic nitrogens is 1. The summed E-state index contributed by atoms with van der Waals surface area (Å²) in [6, 6.07) is 17.9. The van der Waals surface area contributed by atoms with Gasteiger partial charge in [-0.15, -0.1) is 0 Å². The summed E-state index contributed by atoms with van der Waals surface area (Å²) in [4.78, 5) is 28.9. The molecule has 3 aromatic rings. The Morgan fingerprint density at radius 1 is 1.00 bits per heavy atom. The molecule has 0 unspecified atom stereocenters. The van der Waals surface area contributed by atoms with Crippen molar-refractivity contribution >= 4 is 29.1 Å². The number of hydrogen-bond acceptors (Lipinski definition) is 3. The van der Waals surface area contributed by atoms with Crippen LogP contribution in [0.2, 0.25) is 5.02 Å². The number of nitrogens with zero attached hydrogens (tertiary/aromatic N) is 1. The molecule has 2 amide bonds. The van der Waals surface area contributed by atoms with Gasteiger partial charge in [0.25, 0.3) is 11.8 Å². The highest BCUT2D eigenvalue weighted by Crippen LogP contribution is 2.23. The van der Waals surface area contributed by atoms with Crippen LogP contribution in [0.1, 0.15) is 32.0 Å². The molecule has 0 aliphatic carbocycles. The first kappa shape index (κ1) is 18.6. The summed E-state index contributed by atoms with van der Waals surface area (Å²) >= 11 is 6.08. The van der Waals surface area contributed by atoms with Crippen molar-refractivity contribution in [1.29, 1.82) is 0 Å². The molecule has 0 radical (unpaired) electrons. The van der Waals surface area contributed by atoms with Crippen LogP contribution in [0.3, 0.4) is 0 Å². The Labute approximate surface area is 162 Å². The molecule has 136 valence electrons. The number of nitrogens with one attached hydrogen (secondary N) is 2. The van der Waals surface area contributed by atoms with Gasteiger partial charge in [0.2, 0.25) is 0 Å². The summed E-state index contributed by atoms with van der Waals surface area (Å²) in [5.41, 5.74) is 2.89. The first-order chi connectivity index (χ1) is 13.0. The second-order valence-corrected chi connectivity index (χ2v) is 6.37. The van der Waals surface area contributed by atoms with Crippen molar-refractivity contribution in [2.45, 2.75) is 13.5 Å². The van der Waals surface area contributed by atoms with E-state index in [0.717, 1.165) is 11.1 Å². The summed E-state index contributed by atoms with van der Waals surface area (Å²) in [6.45, 7) is 2.23. The molecule has 1 aromatic heterocycles. The van der Waals surface area contributed by atoms with E-state index in [0.29, 0.717) is 22.8 Å².